The second-order valence-electron chi connectivity index (χ2n) is 8.22. The first-order valence-electron chi connectivity index (χ1n) is 10.0. The highest BCUT2D eigenvalue weighted by molar-refractivity contribution is 5.82. The van der Waals surface area contributed by atoms with Gasteiger partial charge in [0.2, 0.25) is 5.91 Å². The zero-order valence-electron chi connectivity index (χ0n) is 15.2. The Bertz CT molecular complexity index is 582. The van der Waals surface area contributed by atoms with E-state index in [4.69, 9.17) is 0 Å². The van der Waals surface area contributed by atoms with Crippen LogP contribution in [0.5, 0.6) is 0 Å². The second kappa shape index (κ2) is 7.46. The van der Waals surface area contributed by atoms with Gasteiger partial charge in [-0.25, -0.2) is 0 Å². The van der Waals surface area contributed by atoms with Gasteiger partial charge in [-0.2, -0.15) is 0 Å². The fourth-order valence-corrected chi connectivity index (χ4v) is 4.85. The third-order valence-corrected chi connectivity index (χ3v) is 6.60. The van der Waals surface area contributed by atoms with Crippen LogP contribution in [-0.2, 0) is 11.3 Å². The lowest BCUT2D eigenvalue weighted by molar-refractivity contribution is -0.123. The Balaban J connectivity index is 1.29. The Morgan fingerprint density at radius 3 is 2.80 bits per heavy atom. The van der Waals surface area contributed by atoms with Crippen LogP contribution in [0.2, 0.25) is 0 Å². The molecule has 2 aliphatic heterocycles. The normalized spacial score (nSPS) is 28.6. The highest BCUT2D eigenvalue weighted by Crippen LogP contribution is 2.58. The molecule has 0 radical (unpaired) electrons. The van der Waals surface area contributed by atoms with Crippen molar-refractivity contribution < 1.29 is 4.79 Å². The summed E-state index contributed by atoms with van der Waals surface area (Å²) in [5, 5.41) is 6.71. The molecule has 1 aromatic rings. The SMILES string of the molecule is O=C(NCC1CCCCN1Cc1ccccc1)C1CC12CCNCC2. The topological polar surface area (TPSA) is 44.4 Å². The number of hydrogen-bond acceptors (Lipinski definition) is 3. The minimum Gasteiger partial charge on any atom is -0.354 e. The van der Waals surface area contributed by atoms with E-state index >= 15 is 0 Å². The summed E-state index contributed by atoms with van der Waals surface area (Å²) in [7, 11) is 0. The fraction of sp³-hybridized carbons (Fsp3) is 0.667. The van der Waals surface area contributed by atoms with Crippen molar-refractivity contribution >= 4 is 5.91 Å². The monoisotopic (exact) mass is 341 g/mol. The van der Waals surface area contributed by atoms with E-state index in [0.29, 0.717) is 17.4 Å². The number of rotatable bonds is 5. The Kier molecular flexibility index (Phi) is 5.09. The van der Waals surface area contributed by atoms with Crippen molar-refractivity contribution in [2.45, 2.75) is 51.1 Å². The lowest BCUT2D eigenvalue weighted by Crippen LogP contribution is -2.46. The van der Waals surface area contributed by atoms with Crippen molar-refractivity contribution in [3.63, 3.8) is 0 Å². The molecule has 1 spiro atoms. The average molecular weight is 341 g/mol. The minimum atomic E-state index is 0.278. The Morgan fingerprint density at radius 2 is 2.00 bits per heavy atom. The number of piperidine rings is 2. The smallest absolute Gasteiger partial charge is 0.223 e. The van der Waals surface area contributed by atoms with Crippen molar-refractivity contribution in [2.24, 2.45) is 11.3 Å². The fourth-order valence-electron chi connectivity index (χ4n) is 4.85. The summed E-state index contributed by atoms with van der Waals surface area (Å²) in [4.78, 5) is 15.2. The molecule has 3 aliphatic rings. The first-order chi connectivity index (χ1) is 12.3. The van der Waals surface area contributed by atoms with E-state index in [2.05, 4.69) is 45.9 Å². The molecule has 136 valence electrons. The van der Waals surface area contributed by atoms with Crippen molar-refractivity contribution in [3.05, 3.63) is 35.9 Å². The summed E-state index contributed by atoms with van der Waals surface area (Å²) < 4.78 is 0. The molecular weight excluding hydrogens is 310 g/mol. The van der Waals surface area contributed by atoms with Crippen LogP contribution in [0.25, 0.3) is 0 Å². The van der Waals surface area contributed by atoms with Gasteiger partial charge in [-0.05, 0) is 62.7 Å². The molecular formula is C21H31N3O. The maximum absolute atomic E-state index is 12.6. The van der Waals surface area contributed by atoms with Crippen LogP contribution >= 0.6 is 0 Å². The zero-order valence-corrected chi connectivity index (χ0v) is 15.2. The van der Waals surface area contributed by atoms with Gasteiger partial charge in [0.25, 0.3) is 0 Å². The summed E-state index contributed by atoms with van der Waals surface area (Å²) in [6.07, 6.45) is 7.22. The minimum absolute atomic E-state index is 0.278. The molecule has 1 amide bonds. The standard InChI is InChI=1S/C21H31N3O/c25-20(19-14-21(19)9-11-22-12-10-21)23-15-18-8-4-5-13-24(18)16-17-6-2-1-3-7-17/h1-3,6-7,18-19,22H,4-5,8-16H2,(H,23,25). The van der Waals surface area contributed by atoms with Crippen molar-refractivity contribution in [1.29, 1.82) is 0 Å². The molecule has 1 saturated carbocycles. The van der Waals surface area contributed by atoms with Gasteiger partial charge in [-0.3, -0.25) is 9.69 Å². The molecule has 1 aliphatic carbocycles. The Hall–Kier alpha value is -1.39. The van der Waals surface area contributed by atoms with Gasteiger partial charge in [-0.15, -0.1) is 0 Å². The number of carbonyl (C=O) groups excluding carboxylic acids is 1. The molecule has 2 N–H and O–H groups in total. The molecule has 2 unspecified atom stereocenters. The summed E-state index contributed by atoms with van der Waals surface area (Å²) in [5.74, 6) is 0.591. The van der Waals surface area contributed by atoms with Gasteiger partial charge < -0.3 is 10.6 Å². The van der Waals surface area contributed by atoms with Crippen LogP contribution in [0.3, 0.4) is 0 Å². The van der Waals surface area contributed by atoms with E-state index < -0.39 is 0 Å². The third kappa shape index (κ3) is 3.90. The Labute approximate surface area is 151 Å². The first-order valence-corrected chi connectivity index (χ1v) is 10.0. The predicted octanol–water partition coefficient (Wildman–Crippen LogP) is 2.55. The number of benzene rings is 1. The number of nitrogens with zero attached hydrogens (tertiary/aromatic N) is 1. The maximum Gasteiger partial charge on any atom is 0.223 e. The van der Waals surface area contributed by atoms with Gasteiger partial charge in [0.1, 0.15) is 0 Å². The van der Waals surface area contributed by atoms with Crippen LogP contribution in [0.15, 0.2) is 30.3 Å². The molecule has 0 aromatic heterocycles. The first kappa shape index (κ1) is 17.0. The molecule has 4 heteroatoms. The van der Waals surface area contributed by atoms with E-state index in [1.165, 1.54) is 37.7 Å². The third-order valence-electron chi connectivity index (χ3n) is 6.60. The molecule has 3 fully saturated rings. The van der Waals surface area contributed by atoms with E-state index in [1.807, 2.05) is 0 Å². The number of hydrogen-bond donors (Lipinski definition) is 2. The van der Waals surface area contributed by atoms with Gasteiger partial charge >= 0.3 is 0 Å². The van der Waals surface area contributed by atoms with Crippen molar-refractivity contribution in [3.8, 4) is 0 Å². The number of amides is 1. The highest BCUT2D eigenvalue weighted by atomic mass is 16.2. The van der Waals surface area contributed by atoms with E-state index in [0.717, 1.165) is 39.1 Å². The number of likely N-dealkylation sites (tertiary alicyclic amines) is 1. The lowest BCUT2D eigenvalue weighted by atomic mass is 9.91. The highest BCUT2D eigenvalue weighted by Gasteiger charge is 2.57. The molecule has 25 heavy (non-hydrogen) atoms. The molecule has 2 atom stereocenters. The van der Waals surface area contributed by atoms with Crippen LogP contribution in [0.4, 0.5) is 0 Å². The lowest BCUT2D eigenvalue weighted by Gasteiger charge is -2.36. The van der Waals surface area contributed by atoms with Crippen LogP contribution in [0.1, 0.15) is 44.1 Å². The summed E-state index contributed by atoms with van der Waals surface area (Å²) in [5.41, 5.74) is 1.71. The maximum atomic E-state index is 12.6. The largest absolute Gasteiger partial charge is 0.354 e. The summed E-state index contributed by atoms with van der Waals surface area (Å²) in [6, 6.07) is 11.2. The summed E-state index contributed by atoms with van der Waals surface area (Å²) >= 11 is 0. The number of nitrogens with one attached hydrogen (secondary N) is 2. The van der Waals surface area contributed by atoms with Crippen molar-refractivity contribution in [1.82, 2.24) is 15.5 Å². The molecule has 0 bridgehead atoms. The molecule has 4 rings (SSSR count). The van der Waals surface area contributed by atoms with Gasteiger partial charge in [0.15, 0.2) is 0 Å². The van der Waals surface area contributed by atoms with Gasteiger partial charge in [0, 0.05) is 25.0 Å². The van der Waals surface area contributed by atoms with Gasteiger partial charge in [-0.1, -0.05) is 36.8 Å². The molecule has 2 heterocycles. The van der Waals surface area contributed by atoms with E-state index in [-0.39, 0.29) is 5.92 Å². The van der Waals surface area contributed by atoms with Gasteiger partial charge in [0.05, 0.1) is 0 Å². The molecule has 1 aromatic carbocycles. The quantitative estimate of drug-likeness (QED) is 0.865. The molecule has 2 saturated heterocycles. The summed E-state index contributed by atoms with van der Waals surface area (Å²) in [6.45, 7) is 5.12. The van der Waals surface area contributed by atoms with Crippen molar-refractivity contribution in [2.75, 3.05) is 26.2 Å². The van der Waals surface area contributed by atoms with E-state index in [1.54, 1.807) is 0 Å². The Morgan fingerprint density at radius 1 is 1.20 bits per heavy atom. The predicted molar refractivity (Wildman–Crippen MR) is 100 cm³/mol. The number of carbonyl (C=O) groups is 1. The zero-order chi connectivity index (χ0) is 17.1. The second-order valence-corrected chi connectivity index (χ2v) is 8.22. The van der Waals surface area contributed by atoms with E-state index in [9.17, 15) is 4.79 Å². The van der Waals surface area contributed by atoms with Crippen LogP contribution < -0.4 is 10.6 Å². The average Bonchev–Trinajstić information content (AvgIpc) is 3.35. The molecule has 4 nitrogen and oxygen atoms in total. The van der Waals surface area contributed by atoms with Crippen LogP contribution in [-0.4, -0.2) is 43.0 Å². The van der Waals surface area contributed by atoms with Crippen LogP contribution in [0, 0.1) is 11.3 Å².